The summed E-state index contributed by atoms with van der Waals surface area (Å²) in [7, 11) is 1.72. The molecule has 0 fully saturated rings. The Hall–Kier alpha value is -2.96. The monoisotopic (exact) mass is 322 g/mol. The maximum Gasteiger partial charge on any atom is 0.254 e. The zero-order valence-corrected chi connectivity index (χ0v) is 13.6. The molecule has 1 aromatic carbocycles. The first kappa shape index (κ1) is 14.6. The molecule has 1 atom stereocenters. The lowest BCUT2D eigenvalue weighted by Crippen LogP contribution is -2.40. The molecule has 0 saturated heterocycles. The molecule has 0 aliphatic carbocycles. The van der Waals surface area contributed by atoms with Crippen molar-refractivity contribution in [1.82, 2.24) is 29.7 Å². The van der Waals surface area contributed by atoms with Gasteiger partial charge >= 0.3 is 0 Å². The van der Waals surface area contributed by atoms with Crippen LogP contribution < -0.4 is 0 Å². The largest absolute Gasteiger partial charge is 0.348 e. The first-order valence-corrected chi connectivity index (χ1v) is 7.94. The van der Waals surface area contributed by atoms with Crippen LogP contribution in [0, 0.1) is 0 Å². The fraction of sp³-hybridized carbons (Fsp3) is 0.294. The van der Waals surface area contributed by atoms with Gasteiger partial charge in [-0.2, -0.15) is 4.80 Å². The minimum absolute atomic E-state index is 0.0496. The molecule has 1 aliphatic rings. The van der Waals surface area contributed by atoms with Crippen molar-refractivity contribution in [3.8, 4) is 11.4 Å². The van der Waals surface area contributed by atoms with Crippen molar-refractivity contribution in [3.05, 3.63) is 53.9 Å². The minimum atomic E-state index is 0.0496. The zero-order valence-electron chi connectivity index (χ0n) is 13.6. The van der Waals surface area contributed by atoms with Crippen molar-refractivity contribution < 1.29 is 4.79 Å². The van der Waals surface area contributed by atoms with Crippen LogP contribution >= 0.6 is 0 Å². The van der Waals surface area contributed by atoms with Crippen LogP contribution in [-0.2, 0) is 13.6 Å². The van der Waals surface area contributed by atoms with E-state index < -0.39 is 0 Å². The lowest BCUT2D eigenvalue weighted by Gasteiger charge is -2.35. The van der Waals surface area contributed by atoms with Crippen LogP contribution in [0.3, 0.4) is 0 Å². The Bertz CT molecular complexity index is 879. The summed E-state index contributed by atoms with van der Waals surface area (Å²) >= 11 is 0. The van der Waals surface area contributed by atoms with Crippen LogP contribution in [-0.4, -0.2) is 42.1 Å². The second kappa shape index (κ2) is 5.59. The number of rotatable bonds is 2. The molecule has 7 heteroatoms. The molecule has 3 aromatic rings. The molecule has 0 saturated carbocycles. The fourth-order valence-corrected chi connectivity index (χ4v) is 3.18. The number of tetrazole rings is 1. The third-order valence-electron chi connectivity index (χ3n) is 4.50. The molecular formula is C17H18N6O. The van der Waals surface area contributed by atoms with Crippen molar-refractivity contribution in [2.75, 3.05) is 6.54 Å². The second-order valence-electron chi connectivity index (χ2n) is 5.98. The number of amides is 1. The van der Waals surface area contributed by atoms with Gasteiger partial charge in [-0.15, -0.1) is 10.2 Å². The number of fused-ring (bicyclic) bond motifs is 1. The number of carbonyl (C=O) groups is 1. The maximum atomic E-state index is 12.9. The lowest BCUT2D eigenvalue weighted by molar-refractivity contribution is 0.0644. The van der Waals surface area contributed by atoms with E-state index in [-0.39, 0.29) is 11.9 Å². The minimum Gasteiger partial charge on any atom is -0.348 e. The van der Waals surface area contributed by atoms with Gasteiger partial charge < -0.3 is 9.47 Å². The van der Waals surface area contributed by atoms with E-state index in [1.807, 2.05) is 35.2 Å². The van der Waals surface area contributed by atoms with Gasteiger partial charge in [0, 0.05) is 36.1 Å². The summed E-state index contributed by atoms with van der Waals surface area (Å²) in [6.45, 7) is 3.62. The predicted molar refractivity (Wildman–Crippen MR) is 88.1 cm³/mol. The Labute approximate surface area is 139 Å². The number of hydrogen-bond acceptors (Lipinski definition) is 4. The quantitative estimate of drug-likeness (QED) is 0.722. The van der Waals surface area contributed by atoms with Gasteiger partial charge in [-0.1, -0.05) is 12.1 Å². The average molecular weight is 322 g/mol. The Morgan fingerprint density at radius 3 is 2.67 bits per heavy atom. The molecule has 4 rings (SSSR count). The number of nitrogens with zero attached hydrogens (tertiary/aromatic N) is 6. The summed E-state index contributed by atoms with van der Waals surface area (Å²) in [5, 5.41) is 12.0. The van der Waals surface area contributed by atoms with Crippen molar-refractivity contribution >= 4 is 5.91 Å². The summed E-state index contributed by atoms with van der Waals surface area (Å²) < 4.78 is 2.21. The third-order valence-corrected chi connectivity index (χ3v) is 4.50. The summed E-state index contributed by atoms with van der Waals surface area (Å²) in [5.41, 5.74) is 2.70. The summed E-state index contributed by atoms with van der Waals surface area (Å²) in [5.74, 6) is 0.606. The Balaban J connectivity index is 1.57. The Morgan fingerprint density at radius 1 is 1.17 bits per heavy atom. The van der Waals surface area contributed by atoms with E-state index in [4.69, 9.17) is 0 Å². The van der Waals surface area contributed by atoms with Gasteiger partial charge in [0.2, 0.25) is 5.82 Å². The predicted octanol–water partition coefficient (Wildman–Crippen LogP) is 1.90. The van der Waals surface area contributed by atoms with Crippen molar-refractivity contribution in [3.63, 3.8) is 0 Å². The molecule has 7 nitrogen and oxygen atoms in total. The van der Waals surface area contributed by atoms with E-state index in [9.17, 15) is 4.79 Å². The van der Waals surface area contributed by atoms with Crippen molar-refractivity contribution in [2.24, 2.45) is 7.05 Å². The van der Waals surface area contributed by atoms with Crippen LogP contribution in [0.2, 0.25) is 0 Å². The van der Waals surface area contributed by atoms with E-state index >= 15 is 0 Å². The topological polar surface area (TPSA) is 68.8 Å². The third kappa shape index (κ3) is 2.38. The second-order valence-corrected chi connectivity index (χ2v) is 5.98. The van der Waals surface area contributed by atoms with Crippen LogP contribution in [0.15, 0.2) is 42.6 Å². The highest BCUT2D eigenvalue weighted by atomic mass is 16.2. The van der Waals surface area contributed by atoms with Crippen molar-refractivity contribution in [1.29, 1.82) is 0 Å². The van der Waals surface area contributed by atoms with Gasteiger partial charge in [0.05, 0.1) is 13.1 Å². The Morgan fingerprint density at radius 2 is 1.96 bits per heavy atom. The molecule has 1 amide bonds. The molecule has 1 aliphatic heterocycles. The van der Waals surface area contributed by atoms with Crippen molar-refractivity contribution in [2.45, 2.75) is 19.5 Å². The average Bonchev–Trinajstić information content (AvgIpc) is 3.24. The maximum absolute atomic E-state index is 12.9. The molecule has 1 unspecified atom stereocenters. The van der Waals surface area contributed by atoms with Gasteiger partial charge in [-0.05, 0) is 36.4 Å². The molecule has 0 radical (unpaired) electrons. The highest BCUT2D eigenvalue weighted by Crippen LogP contribution is 2.27. The molecule has 24 heavy (non-hydrogen) atoms. The smallest absolute Gasteiger partial charge is 0.254 e. The first-order chi connectivity index (χ1) is 11.6. The van der Waals surface area contributed by atoms with E-state index in [2.05, 4.69) is 39.2 Å². The summed E-state index contributed by atoms with van der Waals surface area (Å²) in [6.07, 6.45) is 2.07. The lowest BCUT2D eigenvalue weighted by atomic mass is 10.1. The normalized spacial score (nSPS) is 16.9. The highest BCUT2D eigenvalue weighted by Gasteiger charge is 2.28. The van der Waals surface area contributed by atoms with E-state index in [1.165, 1.54) is 10.5 Å². The van der Waals surface area contributed by atoms with Gasteiger partial charge in [-0.25, -0.2) is 0 Å². The van der Waals surface area contributed by atoms with Gasteiger partial charge in [0.1, 0.15) is 0 Å². The molecule has 0 bridgehead atoms. The van der Waals surface area contributed by atoms with Gasteiger partial charge in [0.25, 0.3) is 5.91 Å². The van der Waals surface area contributed by atoms with E-state index in [0.717, 1.165) is 18.7 Å². The number of aromatic nitrogens is 5. The van der Waals surface area contributed by atoms with Crippen LogP contribution in [0.4, 0.5) is 0 Å². The summed E-state index contributed by atoms with van der Waals surface area (Å²) in [6, 6.07) is 11.6. The first-order valence-electron chi connectivity index (χ1n) is 7.94. The number of carbonyl (C=O) groups excluding carboxylic acids is 1. The van der Waals surface area contributed by atoms with Gasteiger partial charge in [-0.3, -0.25) is 4.79 Å². The summed E-state index contributed by atoms with van der Waals surface area (Å²) in [4.78, 5) is 16.2. The zero-order chi connectivity index (χ0) is 16.7. The molecular weight excluding hydrogens is 304 g/mol. The van der Waals surface area contributed by atoms with Gasteiger partial charge in [0.15, 0.2) is 0 Å². The molecule has 3 heterocycles. The molecule has 0 spiro atoms. The standard InChI is InChI=1S/C17H18N6O/c1-12-15-4-3-9-22(15)10-11-23(12)17(24)14-7-5-13(6-8-14)16-18-20-21(2)19-16/h3-9,12H,10-11H2,1-2H3. The Kier molecular flexibility index (Phi) is 3.41. The number of aryl methyl sites for hydroxylation is 1. The van der Waals surface area contributed by atoms with E-state index in [1.54, 1.807) is 7.05 Å². The molecule has 122 valence electrons. The molecule has 0 N–H and O–H groups in total. The van der Waals surface area contributed by atoms with E-state index in [0.29, 0.717) is 11.4 Å². The highest BCUT2D eigenvalue weighted by molar-refractivity contribution is 5.95. The van der Waals surface area contributed by atoms with Crippen LogP contribution in [0.1, 0.15) is 29.0 Å². The number of benzene rings is 1. The van der Waals surface area contributed by atoms with Crippen LogP contribution in [0.25, 0.3) is 11.4 Å². The fourth-order valence-electron chi connectivity index (χ4n) is 3.18. The van der Waals surface area contributed by atoms with Crippen LogP contribution in [0.5, 0.6) is 0 Å². The SMILES string of the molecule is CC1c2cccn2CCN1C(=O)c1ccc(-c2nnn(C)n2)cc1. The number of hydrogen-bond donors (Lipinski definition) is 0. The molecule has 2 aromatic heterocycles.